The lowest BCUT2D eigenvalue weighted by Gasteiger charge is -2.07. The summed E-state index contributed by atoms with van der Waals surface area (Å²) in [6.45, 7) is 3.87. The van der Waals surface area contributed by atoms with Gasteiger partial charge in [0.2, 0.25) is 0 Å². The molecule has 0 bridgehead atoms. The number of methoxy groups -OCH3 is 1. The van der Waals surface area contributed by atoms with E-state index in [-0.39, 0.29) is 11.1 Å². The number of rotatable bonds is 1. The molecule has 0 aliphatic heterocycles. The molecule has 17 heavy (non-hydrogen) atoms. The van der Waals surface area contributed by atoms with E-state index in [0.29, 0.717) is 10.9 Å². The highest BCUT2D eigenvalue weighted by atomic mass is 16.5. The minimum Gasteiger partial charge on any atom is -0.464 e. The van der Waals surface area contributed by atoms with Gasteiger partial charge >= 0.3 is 5.97 Å². The Kier molecular flexibility index (Phi) is 2.71. The SMILES string of the molecule is COC(=O)c1cc(=O)c2ccc(C)c(C)c2[nH]1. The number of nitrogens with one attached hydrogen (secondary N) is 1. The Labute approximate surface area is 98.2 Å². The van der Waals surface area contributed by atoms with E-state index in [1.165, 1.54) is 13.2 Å². The van der Waals surface area contributed by atoms with Crippen LogP contribution in [-0.4, -0.2) is 18.1 Å². The van der Waals surface area contributed by atoms with Crippen molar-refractivity contribution in [3.63, 3.8) is 0 Å². The zero-order valence-corrected chi connectivity index (χ0v) is 9.96. The molecule has 1 aromatic heterocycles. The Morgan fingerprint density at radius 1 is 1.29 bits per heavy atom. The molecule has 2 aromatic rings. The Balaban J connectivity index is 2.84. The van der Waals surface area contributed by atoms with Crippen LogP contribution in [-0.2, 0) is 4.74 Å². The number of benzene rings is 1. The normalized spacial score (nSPS) is 10.5. The van der Waals surface area contributed by atoms with E-state index in [1.54, 1.807) is 6.07 Å². The number of pyridine rings is 1. The fourth-order valence-corrected chi connectivity index (χ4v) is 1.78. The van der Waals surface area contributed by atoms with Gasteiger partial charge in [-0.25, -0.2) is 4.79 Å². The van der Waals surface area contributed by atoms with Crippen molar-refractivity contribution in [3.8, 4) is 0 Å². The fraction of sp³-hybridized carbons (Fsp3) is 0.231. The Bertz CT molecular complexity index is 655. The Hall–Kier alpha value is -2.10. The maximum absolute atomic E-state index is 11.9. The van der Waals surface area contributed by atoms with Crippen LogP contribution in [0.1, 0.15) is 21.6 Å². The van der Waals surface area contributed by atoms with Gasteiger partial charge in [0.25, 0.3) is 0 Å². The van der Waals surface area contributed by atoms with Crippen molar-refractivity contribution in [2.45, 2.75) is 13.8 Å². The molecule has 0 spiro atoms. The Morgan fingerprint density at radius 2 is 2.00 bits per heavy atom. The van der Waals surface area contributed by atoms with Gasteiger partial charge in [0.15, 0.2) is 5.43 Å². The lowest BCUT2D eigenvalue weighted by atomic mass is 10.0. The van der Waals surface area contributed by atoms with Crippen LogP contribution in [0.4, 0.5) is 0 Å². The van der Waals surface area contributed by atoms with Crippen LogP contribution in [0.3, 0.4) is 0 Å². The molecule has 88 valence electrons. The molecule has 0 aliphatic rings. The summed E-state index contributed by atoms with van der Waals surface area (Å²) in [6, 6.07) is 4.92. The van der Waals surface area contributed by atoms with E-state index in [1.807, 2.05) is 19.9 Å². The predicted octanol–water partition coefficient (Wildman–Crippen LogP) is 1.93. The second-order valence-corrected chi connectivity index (χ2v) is 3.97. The molecule has 0 radical (unpaired) electrons. The van der Waals surface area contributed by atoms with Crippen LogP contribution < -0.4 is 5.43 Å². The summed E-state index contributed by atoms with van der Waals surface area (Å²) in [5.74, 6) is -0.537. The molecule has 0 saturated carbocycles. The second-order valence-electron chi connectivity index (χ2n) is 3.97. The summed E-state index contributed by atoms with van der Waals surface area (Å²) >= 11 is 0. The van der Waals surface area contributed by atoms with E-state index in [4.69, 9.17) is 0 Å². The third-order valence-corrected chi connectivity index (χ3v) is 2.94. The molecule has 2 rings (SSSR count). The molecule has 0 fully saturated rings. The van der Waals surface area contributed by atoms with Crippen molar-refractivity contribution in [2.75, 3.05) is 7.11 Å². The van der Waals surface area contributed by atoms with Crippen molar-refractivity contribution >= 4 is 16.9 Å². The van der Waals surface area contributed by atoms with Crippen molar-refractivity contribution < 1.29 is 9.53 Å². The largest absolute Gasteiger partial charge is 0.464 e. The number of carbonyl (C=O) groups excluding carboxylic acids is 1. The van der Waals surface area contributed by atoms with Crippen molar-refractivity contribution in [1.82, 2.24) is 4.98 Å². The first-order chi connectivity index (χ1) is 8.04. The number of H-pyrrole nitrogens is 1. The lowest BCUT2D eigenvalue weighted by Crippen LogP contribution is -2.12. The molecule has 0 saturated heterocycles. The van der Waals surface area contributed by atoms with Gasteiger partial charge < -0.3 is 9.72 Å². The van der Waals surface area contributed by atoms with Gasteiger partial charge in [-0.1, -0.05) is 6.07 Å². The monoisotopic (exact) mass is 231 g/mol. The highest BCUT2D eigenvalue weighted by molar-refractivity contribution is 5.92. The summed E-state index contributed by atoms with van der Waals surface area (Å²) < 4.78 is 4.60. The van der Waals surface area contributed by atoms with Gasteiger partial charge in [-0.15, -0.1) is 0 Å². The van der Waals surface area contributed by atoms with Crippen molar-refractivity contribution in [3.05, 3.63) is 45.2 Å². The standard InChI is InChI=1S/C13H13NO3/c1-7-4-5-9-11(15)6-10(13(16)17-3)14-12(9)8(7)2/h4-6H,1-3H3,(H,14,15). The van der Waals surface area contributed by atoms with Crippen LogP contribution in [0.15, 0.2) is 23.0 Å². The number of aromatic amines is 1. The van der Waals surface area contributed by atoms with E-state index >= 15 is 0 Å². The van der Waals surface area contributed by atoms with Gasteiger partial charge in [-0.3, -0.25) is 4.79 Å². The number of aryl methyl sites for hydroxylation is 2. The molecule has 0 unspecified atom stereocenters. The molecule has 0 amide bonds. The summed E-state index contributed by atoms with van der Waals surface area (Å²) in [5, 5.41) is 0.584. The maximum Gasteiger partial charge on any atom is 0.354 e. The minimum atomic E-state index is -0.537. The quantitative estimate of drug-likeness (QED) is 0.763. The molecule has 1 aromatic carbocycles. The zero-order valence-electron chi connectivity index (χ0n) is 9.96. The van der Waals surface area contributed by atoms with Gasteiger partial charge in [0, 0.05) is 11.5 Å². The first kappa shape index (κ1) is 11.4. The first-order valence-electron chi connectivity index (χ1n) is 5.26. The number of aromatic nitrogens is 1. The number of carbonyl (C=O) groups is 1. The van der Waals surface area contributed by atoms with Crippen LogP contribution in [0.5, 0.6) is 0 Å². The molecular weight excluding hydrogens is 218 g/mol. The van der Waals surface area contributed by atoms with Crippen molar-refractivity contribution in [1.29, 1.82) is 0 Å². The molecular formula is C13H13NO3. The van der Waals surface area contributed by atoms with E-state index in [2.05, 4.69) is 9.72 Å². The highest BCUT2D eigenvalue weighted by Gasteiger charge is 2.11. The average Bonchev–Trinajstić information content (AvgIpc) is 2.33. The number of esters is 1. The van der Waals surface area contributed by atoms with Gasteiger partial charge in [0.1, 0.15) is 5.69 Å². The summed E-state index contributed by atoms with van der Waals surface area (Å²) in [7, 11) is 1.29. The van der Waals surface area contributed by atoms with Gasteiger partial charge in [0.05, 0.1) is 12.6 Å². The van der Waals surface area contributed by atoms with Crippen molar-refractivity contribution in [2.24, 2.45) is 0 Å². The van der Waals surface area contributed by atoms with Gasteiger partial charge in [-0.2, -0.15) is 0 Å². The minimum absolute atomic E-state index is 0.178. The third kappa shape index (κ3) is 1.82. The number of ether oxygens (including phenoxy) is 1. The van der Waals surface area contributed by atoms with Crippen LogP contribution in [0.2, 0.25) is 0 Å². The molecule has 4 heteroatoms. The lowest BCUT2D eigenvalue weighted by molar-refractivity contribution is 0.0594. The third-order valence-electron chi connectivity index (χ3n) is 2.94. The number of hydrogen-bond acceptors (Lipinski definition) is 3. The molecule has 0 atom stereocenters. The zero-order chi connectivity index (χ0) is 12.6. The molecule has 1 heterocycles. The van der Waals surface area contributed by atoms with Gasteiger partial charge in [-0.05, 0) is 31.0 Å². The summed E-state index contributed by atoms with van der Waals surface area (Å²) in [4.78, 5) is 26.2. The van der Waals surface area contributed by atoms with E-state index in [9.17, 15) is 9.59 Å². The fourth-order valence-electron chi connectivity index (χ4n) is 1.78. The number of fused-ring (bicyclic) bond motifs is 1. The maximum atomic E-state index is 11.9. The number of hydrogen-bond donors (Lipinski definition) is 1. The van der Waals surface area contributed by atoms with Crippen LogP contribution in [0.25, 0.3) is 10.9 Å². The van der Waals surface area contributed by atoms with E-state index < -0.39 is 5.97 Å². The Morgan fingerprint density at radius 3 is 2.65 bits per heavy atom. The second kappa shape index (κ2) is 4.05. The smallest absolute Gasteiger partial charge is 0.354 e. The predicted molar refractivity (Wildman–Crippen MR) is 65.4 cm³/mol. The average molecular weight is 231 g/mol. The highest BCUT2D eigenvalue weighted by Crippen LogP contribution is 2.17. The molecule has 0 aliphatic carbocycles. The van der Waals surface area contributed by atoms with Crippen LogP contribution >= 0.6 is 0 Å². The topological polar surface area (TPSA) is 59.2 Å². The van der Waals surface area contributed by atoms with Crippen LogP contribution in [0, 0.1) is 13.8 Å². The summed E-state index contributed by atoms with van der Waals surface area (Å²) in [6.07, 6.45) is 0. The molecule has 4 nitrogen and oxygen atoms in total. The first-order valence-corrected chi connectivity index (χ1v) is 5.26. The molecule has 1 N–H and O–H groups in total. The van der Waals surface area contributed by atoms with E-state index in [0.717, 1.165) is 11.1 Å². The summed E-state index contributed by atoms with van der Waals surface area (Å²) in [5.41, 5.74) is 2.72.